The van der Waals surface area contributed by atoms with Crippen LogP contribution < -0.4 is 0 Å². The maximum Gasteiger partial charge on any atom is 0.335 e. The number of rotatable bonds is 3. The van der Waals surface area contributed by atoms with Crippen LogP contribution in [0.4, 0.5) is 0 Å². The molecule has 1 saturated carbocycles. The SMILES string of the molecule is CCc1nn(C2CCC2)c2cc(C(=O)O)cc(C)c12. The minimum absolute atomic E-state index is 0.355. The molecule has 2 aromatic rings. The number of benzene rings is 1. The van der Waals surface area contributed by atoms with Gasteiger partial charge in [0.25, 0.3) is 0 Å². The summed E-state index contributed by atoms with van der Waals surface area (Å²) < 4.78 is 2.05. The van der Waals surface area contributed by atoms with Crippen LogP contribution in [0.2, 0.25) is 0 Å². The van der Waals surface area contributed by atoms with E-state index in [2.05, 4.69) is 11.6 Å². The quantitative estimate of drug-likeness (QED) is 0.918. The molecule has 0 radical (unpaired) electrons. The highest BCUT2D eigenvalue weighted by atomic mass is 16.4. The Balaban J connectivity index is 2.28. The maximum absolute atomic E-state index is 11.2. The van der Waals surface area contributed by atoms with Crippen LogP contribution in [0, 0.1) is 6.92 Å². The molecule has 0 saturated heterocycles. The minimum Gasteiger partial charge on any atom is -0.478 e. The third kappa shape index (κ3) is 1.82. The van der Waals surface area contributed by atoms with Gasteiger partial charge in [-0.3, -0.25) is 4.68 Å². The molecule has 0 spiro atoms. The fraction of sp³-hybridized carbons (Fsp3) is 0.467. The summed E-state index contributed by atoms with van der Waals surface area (Å²) in [5.41, 5.74) is 3.43. The summed E-state index contributed by atoms with van der Waals surface area (Å²) in [6, 6.07) is 3.97. The molecule has 0 unspecified atom stereocenters. The Hall–Kier alpha value is -1.84. The van der Waals surface area contributed by atoms with Gasteiger partial charge in [0.15, 0.2) is 0 Å². The lowest BCUT2D eigenvalue weighted by molar-refractivity contribution is 0.0697. The molecule has 100 valence electrons. The number of aromatic nitrogens is 2. The van der Waals surface area contributed by atoms with E-state index in [9.17, 15) is 9.90 Å². The van der Waals surface area contributed by atoms with Crippen molar-refractivity contribution in [2.24, 2.45) is 0 Å². The third-order valence-electron chi connectivity index (χ3n) is 4.08. The van der Waals surface area contributed by atoms with Crippen molar-refractivity contribution < 1.29 is 9.90 Å². The van der Waals surface area contributed by atoms with E-state index < -0.39 is 5.97 Å². The number of hydrogen-bond acceptors (Lipinski definition) is 2. The van der Waals surface area contributed by atoms with Gasteiger partial charge in [0.2, 0.25) is 0 Å². The molecule has 4 nitrogen and oxygen atoms in total. The second-order valence-electron chi connectivity index (χ2n) is 5.32. The predicted octanol–water partition coefficient (Wildman–Crippen LogP) is 3.33. The van der Waals surface area contributed by atoms with E-state index in [-0.39, 0.29) is 0 Å². The molecule has 0 aliphatic heterocycles. The lowest BCUT2D eigenvalue weighted by Crippen LogP contribution is -2.18. The topological polar surface area (TPSA) is 55.1 Å². The van der Waals surface area contributed by atoms with Crippen molar-refractivity contribution in [1.82, 2.24) is 9.78 Å². The highest BCUT2D eigenvalue weighted by Gasteiger charge is 2.24. The lowest BCUT2D eigenvalue weighted by atomic mass is 9.93. The zero-order valence-corrected chi connectivity index (χ0v) is 11.3. The number of nitrogens with zero attached hydrogens (tertiary/aromatic N) is 2. The predicted molar refractivity (Wildman–Crippen MR) is 73.7 cm³/mol. The number of fused-ring (bicyclic) bond motifs is 1. The molecule has 1 aromatic heterocycles. The standard InChI is InChI=1S/C15H18N2O2/c1-3-12-14-9(2)7-10(15(18)19)8-13(14)17(16-12)11-5-4-6-11/h7-8,11H,3-6H2,1-2H3,(H,18,19). The Morgan fingerprint density at radius 3 is 2.74 bits per heavy atom. The largest absolute Gasteiger partial charge is 0.478 e. The molecule has 1 aromatic carbocycles. The normalized spacial score (nSPS) is 15.7. The molecular formula is C15H18N2O2. The third-order valence-corrected chi connectivity index (χ3v) is 4.08. The van der Waals surface area contributed by atoms with Gasteiger partial charge in [-0.25, -0.2) is 4.79 Å². The average molecular weight is 258 g/mol. The first-order valence-electron chi connectivity index (χ1n) is 6.87. The Labute approximate surface area is 112 Å². The zero-order chi connectivity index (χ0) is 13.6. The van der Waals surface area contributed by atoms with Gasteiger partial charge in [0.1, 0.15) is 0 Å². The van der Waals surface area contributed by atoms with Crippen LogP contribution in [0.15, 0.2) is 12.1 Å². The lowest BCUT2D eigenvalue weighted by Gasteiger charge is -2.26. The molecule has 0 amide bonds. The smallest absolute Gasteiger partial charge is 0.335 e. The van der Waals surface area contributed by atoms with E-state index in [0.29, 0.717) is 11.6 Å². The first-order chi connectivity index (χ1) is 9.11. The van der Waals surface area contributed by atoms with Gasteiger partial charge < -0.3 is 5.11 Å². The second kappa shape index (κ2) is 4.37. The Morgan fingerprint density at radius 2 is 2.21 bits per heavy atom. The van der Waals surface area contributed by atoms with Crippen LogP contribution in [0.1, 0.15) is 53.8 Å². The Bertz CT molecular complexity index is 654. The molecule has 4 heteroatoms. The van der Waals surface area contributed by atoms with Gasteiger partial charge in [-0.1, -0.05) is 6.92 Å². The van der Waals surface area contributed by atoms with Gasteiger partial charge in [0.05, 0.1) is 22.8 Å². The number of carboxylic acid groups (broad SMARTS) is 1. The average Bonchev–Trinajstić information content (AvgIpc) is 2.66. The van der Waals surface area contributed by atoms with E-state index in [0.717, 1.165) is 41.4 Å². The van der Waals surface area contributed by atoms with Crippen molar-refractivity contribution in [2.45, 2.75) is 45.6 Å². The number of hydrogen-bond donors (Lipinski definition) is 1. The molecular weight excluding hydrogens is 240 g/mol. The molecule has 19 heavy (non-hydrogen) atoms. The monoisotopic (exact) mass is 258 g/mol. The van der Waals surface area contributed by atoms with Crippen LogP contribution in [-0.4, -0.2) is 20.9 Å². The fourth-order valence-electron chi connectivity index (χ4n) is 2.84. The molecule has 3 rings (SSSR count). The summed E-state index contributed by atoms with van der Waals surface area (Å²) in [5.74, 6) is -0.871. The Kier molecular flexibility index (Phi) is 2.81. The van der Waals surface area contributed by atoms with Crippen molar-refractivity contribution in [3.05, 3.63) is 29.0 Å². The number of carbonyl (C=O) groups is 1. The van der Waals surface area contributed by atoms with Crippen LogP contribution in [0.25, 0.3) is 10.9 Å². The van der Waals surface area contributed by atoms with E-state index >= 15 is 0 Å². The van der Waals surface area contributed by atoms with Crippen molar-refractivity contribution in [3.8, 4) is 0 Å². The summed E-state index contributed by atoms with van der Waals surface area (Å²) in [5, 5.41) is 15.1. The summed E-state index contributed by atoms with van der Waals surface area (Å²) >= 11 is 0. The van der Waals surface area contributed by atoms with Gasteiger partial charge >= 0.3 is 5.97 Å². The summed E-state index contributed by atoms with van der Waals surface area (Å²) in [6.45, 7) is 4.07. The summed E-state index contributed by atoms with van der Waals surface area (Å²) in [4.78, 5) is 11.2. The van der Waals surface area contributed by atoms with Crippen molar-refractivity contribution in [3.63, 3.8) is 0 Å². The second-order valence-corrected chi connectivity index (χ2v) is 5.32. The van der Waals surface area contributed by atoms with Crippen LogP contribution in [-0.2, 0) is 6.42 Å². The summed E-state index contributed by atoms with van der Waals surface area (Å²) in [6.07, 6.45) is 4.42. The van der Waals surface area contributed by atoms with E-state index in [1.807, 2.05) is 6.92 Å². The van der Waals surface area contributed by atoms with Crippen molar-refractivity contribution >= 4 is 16.9 Å². The van der Waals surface area contributed by atoms with E-state index in [4.69, 9.17) is 5.10 Å². The first-order valence-corrected chi connectivity index (χ1v) is 6.87. The highest BCUT2D eigenvalue weighted by Crippen LogP contribution is 2.35. The van der Waals surface area contributed by atoms with Crippen molar-refractivity contribution in [2.75, 3.05) is 0 Å². The molecule has 1 aliphatic rings. The van der Waals surface area contributed by atoms with Gasteiger partial charge in [-0.2, -0.15) is 5.10 Å². The first kappa shape index (κ1) is 12.2. The van der Waals surface area contributed by atoms with E-state index in [1.54, 1.807) is 12.1 Å². The molecule has 1 fully saturated rings. The minimum atomic E-state index is -0.871. The van der Waals surface area contributed by atoms with E-state index in [1.165, 1.54) is 6.42 Å². The molecule has 1 N–H and O–H groups in total. The summed E-state index contributed by atoms with van der Waals surface area (Å²) in [7, 11) is 0. The molecule has 1 aliphatic carbocycles. The fourth-order valence-corrected chi connectivity index (χ4v) is 2.84. The maximum atomic E-state index is 11.2. The van der Waals surface area contributed by atoms with Crippen LogP contribution in [0.3, 0.4) is 0 Å². The number of carboxylic acids is 1. The molecule has 0 atom stereocenters. The number of aromatic carboxylic acids is 1. The van der Waals surface area contributed by atoms with Crippen molar-refractivity contribution in [1.29, 1.82) is 0 Å². The molecule has 0 bridgehead atoms. The van der Waals surface area contributed by atoms with Crippen LogP contribution >= 0.6 is 0 Å². The van der Waals surface area contributed by atoms with Crippen LogP contribution in [0.5, 0.6) is 0 Å². The van der Waals surface area contributed by atoms with Gasteiger partial charge in [-0.15, -0.1) is 0 Å². The number of aryl methyl sites for hydroxylation is 2. The Morgan fingerprint density at radius 1 is 1.47 bits per heavy atom. The molecule has 1 heterocycles. The highest BCUT2D eigenvalue weighted by molar-refractivity contribution is 5.95. The zero-order valence-electron chi connectivity index (χ0n) is 11.3. The van der Waals surface area contributed by atoms with Gasteiger partial charge in [0, 0.05) is 5.39 Å². The van der Waals surface area contributed by atoms with Gasteiger partial charge in [-0.05, 0) is 50.3 Å².